The van der Waals surface area contributed by atoms with Crippen LogP contribution in [-0.4, -0.2) is 15.9 Å². The molecule has 5 nitrogen and oxygen atoms in total. The molecule has 0 radical (unpaired) electrons. The van der Waals surface area contributed by atoms with Crippen LogP contribution in [0.2, 0.25) is 5.02 Å². The molecular weight excluding hydrogens is 348 g/mol. The quantitative estimate of drug-likeness (QED) is 0.691. The largest absolute Gasteiger partial charge is 0.350 e. The minimum atomic E-state index is -0.238. The minimum absolute atomic E-state index is 0.238. The monoisotopic (exact) mass is 366 g/mol. The van der Waals surface area contributed by atoms with Crippen LogP contribution in [0.25, 0.3) is 0 Å². The van der Waals surface area contributed by atoms with Crippen LogP contribution in [0.5, 0.6) is 0 Å². The average Bonchev–Trinajstić information content (AvgIpc) is 2.65. The van der Waals surface area contributed by atoms with Gasteiger partial charge in [0.25, 0.3) is 5.91 Å². The number of hydrogen-bond acceptors (Lipinski definition) is 4. The molecule has 2 N–H and O–H groups in total. The molecule has 1 heterocycles. The Labute approximate surface area is 157 Å². The van der Waals surface area contributed by atoms with Crippen LogP contribution in [0.1, 0.15) is 27.0 Å². The summed E-state index contributed by atoms with van der Waals surface area (Å²) in [6.07, 6.45) is 3.02. The smallest absolute Gasteiger partial charge is 0.258 e. The number of aromatic nitrogens is 2. The zero-order valence-electron chi connectivity index (χ0n) is 14.6. The van der Waals surface area contributed by atoms with E-state index in [1.165, 1.54) is 18.0 Å². The first kappa shape index (κ1) is 17.9. The van der Waals surface area contributed by atoms with E-state index in [1.54, 1.807) is 0 Å². The number of amides is 1. The summed E-state index contributed by atoms with van der Waals surface area (Å²) >= 11 is 5.87. The highest BCUT2D eigenvalue weighted by Gasteiger charge is 2.08. The summed E-state index contributed by atoms with van der Waals surface area (Å²) in [4.78, 5) is 20.7. The standard InChI is InChI=1S/C20H19ClN4O/c1-13-3-8-18(9-14(13)2)25-19(26)16-11-23-20(24-12-16)22-10-15-4-6-17(21)7-5-15/h3-9,11-12H,10H2,1-2H3,(H,25,26)(H,22,23,24). The van der Waals surface area contributed by atoms with Crippen LogP contribution < -0.4 is 10.6 Å². The number of rotatable bonds is 5. The number of benzene rings is 2. The van der Waals surface area contributed by atoms with E-state index in [9.17, 15) is 4.79 Å². The first-order valence-electron chi connectivity index (χ1n) is 8.20. The maximum Gasteiger partial charge on any atom is 0.258 e. The Hall–Kier alpha value is -2.92. The highest BCUT2D eigenvalue weighted by molar-refractivity contribution is 6.30. The summed E-state index contributed by atoms with van der Waals surface area (Å²) in [6, 6.07) is 13.3. The van der Waals surface area contributed by atoms with Gasteiger partial charge in [-0.3, -0.25) is 4.79 Å². The summed E-state index contributed by atoms with van der Waals surface area (Å²) in [6.45, 7) is 4.62. The van der Waals surface area contributed by atoms with Crippen molar-refractivity contribution < 1.29 is 4.79 Å². The molecule has 0 unspecified atom stereocenters. The Kier molecular flexibility index (Phi) is 5.49. The van der Waals surface area contributed by atoms with Crippen LogP contribution in [-0.2, 0) is 6.54 Å². The number of anilines is 2. The van der Waals surface area contributed by atoms with Crippen LogP contribution in [0.15, 0.2) is 54.9 Å². The molecule has 3 aromatic rings. The molecule has 0 fully saturated rings. The Morgan fingerprint density at radius 1 is 1.00 bits per heavy atom. The maximum atomic E-state index is 12.3. The van der Waals surface area contributed by atoms with Crippen molar-refractivity contribution in [2.24, 2.45) is 0 Å². The fourth-order valence-electron chi connectivity index (χ4n) is 2.34. The molecule has 1 aromatic heterocycles. The topological polar surface area (TPSA) is 66.9 Å². The second-order valence-electron chi connectivity index (χ2n) is 6.03. The maximum absolute atomic E-state index is 12.3. The zero-order chi connectivity index (χ0) is 18.5. The zero-order valence-corrected chi connectivity index (χ0v) is 15.3. The van der Waals surface area contributed by atoms with Gasteiger partial charge in [-0.2, -0.15) is 0 Å². The molecular formula is C20H19ClN4O. The van der Waals surface area contributed by atoms with E-state index in [1.807, 2.05) is 56.3 Å². The molecule has 0 aliphatic heterocycles. The Bertz CT molecular complexity index is 908. The number of hydrogen-bond donors (Lipinski definition) is 2. The van der Waals surface area contributed by atoms with Gasteiger partial charge in [0.1, 0.15) is 0 Å². The molecule has 0 spiro atoms. The number of aryl methyl sites for hydroxylation is 2. The van der Waals surface area contributed by atoms with E-state index < -0.39 is 0 Å². The molecule has 0 aliphatic rings. The van der Waals surface area contributed by atoms with Gasteiger partial charge >= 0.3 is 0 Å². The second-order valence-corrected chi connectivity index (χ2v) is 6.46. The Morgan fingerprint density at radius 3 is 2.35 bits per heavy atom. The predicted octanol–water partition coefficient (Wildman–Crippen LogP) is 4.61. The van der Waals surface area contributed by atoms with Gasteiger partial charge in [-0.1, -0.05) is 29.8 Å². The lowest BCUT2D eigenvalue weighted by Gasteiger charge is -2.08. The lowest BCUT2D eigenvalue weighted by atomic mass is 10.1. The molecule has 3 rings (SSSR count). The lowest BCUT2D eigenvalue weighted by Crippen LogP contribution is -2.13. The SMILES string of the molecule is Cc1ccc(NC(=O)c2cnc(NCc3ccc(Cl)cc3)nc2)cc1C. The summed E-state index contributed by atoms with van der Waals surface area (Å²) in [5.41, 5.74) is 4.53. The van der Waals surface area contributed by atoms with Crippen LogP contribution in [0.3, 0.4) is 0 Å². The van der Waals surface area contributed by atoms with Gasteiger partial charge in [0.15, 0.2) is 0 Å². The second kappa shape index (κ2) is 7.97. The Balaban J connectivity index is 1.60. The molecule has 1 amide bonds. The van der Waals surface area contributed by atoms with Gasteiger partial charge in [0.2, 0.25) is 5.95 Å². The van der Waals surface area contributed by atoms with Crippen molar-refractivity contribution in [3.05, 3.63) is 82.1 Å². The van der Waals surface area contributed by atoms with Crippen LogP contribution in [0.4, 0.5) is 11.6 Å². The van der Waals surface area contributed by atoms with E-state index in [-0.39, 0.29) is 5.91 Å². The third kappa shape index (κ3) is 4.58. The highest BCUT2D eigenvalue weighted by Crippen LogP contribution is 2.15. The molecule has 2 aromatic carbocycles. The summed E-state index contributed by atoms with van der Waals surface area (Å²) in [5, 5.41) is 6.67. The van der Waals surface area contributed by atoms with E-state index in [0.717, 1.165) is 16.8 Å². The molecule has 26 heavy (non-hydrogen) atoms. The molecule has 0 saturated carbocycles. The summed E-state index contributed by atoms with van der Waals surface area (Å²) < 4.78 is 0. The first-order chi connectivity index (χ1) is 12.5. The van der Waals surface area contributed by atoms with Crippen molar-refractivity contribution in [2.45, 2.75) is 20.4 Å². The van der Waals surface area contributed by atoms with E-state index in [0.29, 0.717) is 23.1 Å². The third-order valence-electron chi connectivity index (χ3n) is 4.04. The molecule has 0 aliphatic carbocycles. The number of nitrogens with zero attached hydrogens (tertiary/aromatic N) is 2. The average molecular weight is 367 g/mol. The van der Waals surface area contributed by atoms with Gasteiger partial charge < -0.3 is 10.6 Å². The van der Waals surface area contributed by atoms with Gasteiger partial charge in [0.05, 0.1) is 5.56 Å². The minimum Gasteiger partial charge on any atom is -0.350 e. The Morgan fingerprint density at radius 2 is 1.69 bits per heavy atom. The fraction of sp³-hybridized carbons (Fsp3) is 0.150. The molecule has 0 atom stereocenters. The fourth-order valence-corrected chi connectivity index (χ4v) is 2.47. The molecule has 6 heteroatoms. The number of nitrogens with one attached hydrogen (secondary N) is 2. The van der Waals surface area contributed by atoms with Crippen molar-refractivity contribution >= 4 is 29.1 Å². The van der Waals surface area contributed by atoms with E-state index >= 15 is 0 Å². The normalized spacial score (nSPS) is 10.4. The van der Waals surface area contributed by atoms with Gasteiger partial charge in [-0.15, -0.1) is 0 Å². The summed E-state index contributed by atoms with van der Waals surface area (Å²) in [5.74, 6) is 0.222. The first-order valence-corrected chi connectivity index (χ1v) is 8.58. The predicted molar refractivity (Wildman–Crippen MR) is 105 cm³/mol. The van der Waals surface area contributed by atoms with Crippen molar-refractivity contribution in [2.75, 3.05) is 10.6 Å². The van der Waals surface area contributed by atoms with Crippen LogP contribution >= 0.6 is 11.6 Å². The number of carbonyl (C=O) groups excluding carboxylic acids is 1. The van der Waals surface area contributed by atoms with Gasteiger partial charge in [-0.25, -0.2) is 9.97 Å². The van der Waals surface area contributed by atoms with E-state index in [2.05, 4.69) is 20.6 Å². The molecule has 132 valence electrons. The van der Waals surface area contributed by atoms with Crippen molar-refractivity contribution in [3.8, 4) is 0 Å². The molecule has 0 bridgehead atoms. The number of carbonyl (C=O) groups is 1. The highest BCUT2D eigenvalue weighted by atomic mass is 35.5. The number of halogens is 1. The van der Waals surface area contributed by atoms with E-state index in [4.69, 9.17) is 11.6 Å². The van der Waals surface area contributed by atoms with Gasteiger partial charge in [0, 0.05) is 29.6 Å². The van der Waals surface area contributed by atoms with Gasteiger partial charge in [-0.05, 0) is 54.8 Å². The van der Waals surface area contributed by atoms with Crippen molar-refractivity contribution in [1.29, 1.82) is 0 Å². The molecule has 0 saturated heterocycles. The lowest BCUT2D eigenvalue weighted by molar-refractivity contribution is 0.102. The third-order valence-corrected chi connectivity index (χ3v) is 4.29. The van der Waals surface area contributed by atoms with Crippen molar-refractivity contribution in [3.63, 3.8) is 0 Å². The van der Waals surface area contributed by atoms with Crippen LogP contribution in [0, 0.1) is 13.8 Å². The summed E-state index contributed by atoms with van der Waals surface area (Å²) in [7, 11) is 0. The van der Waals surface area contributed by atoms with Crippen molar-refractivity contribution in [1.82, 2.24) is 9.97 Å².